The SMILES string of the molecule is Cc1coc2c1C(=O)C(=O)c1c-2ccc2c1CCCC2(C)O. The normalized spacial score (nSPS) is 23.0. The molecule has 2 aromatic rings. The monoisotopic (exact) mass is 296 g/mol. The van der Waals surface area contributed by atoms with Gasteiger partial charge in [0, 0.05) is 11.1 Å². The van der Waals surface area contributed by atoms with E-state index >= 15 is 0 Å². The van der Waals surface area contributed by atoms with Crippen molar-refractivity contribution in [1.82, 2.24) is 0 Å². The van der Waals surface area contributed by atoms with Crippen molar-refractivity contribution in [3.63, 3.8) is 0 Å². The van der Waals surface area contributed by atoms with Gasteiger partial charge in [0.1, 0.15) is 5.76 Å². The van der Waals surface area contributed by atoms with Crippen LogP contribution in [0.3, 0.4) is 0 Å². The van der Waals surface area contributed by atoms with Crippen molar-refractivity contribution in [2.75, 3.05) is 0 Å². The Morgan fingerprint density at radius 2 is 1.91 bits per heavy atom. The lowest BCUT2D eigenvalue weighted by Gasteiger charge is -2.33. The summed E-state index contributed by atoms with van der Waals surface area (Å²) in [6.07, 6.45) is 3.66. The lowest BCUT2D eigenvalue weighted by Crippen LogP contribution is -2.31. The molecular formula is C18H16O4. The lowest BCUT2D eigenvalue weighted by atomic mass is 9.74. The van der Waals surface area contributed by atoms with E-state index in [1.165, 1.54) is 6.26 Å². The van der Waals surface area contributed by atoms with Gasteiger partial charge in [-0.1, -0.05) is 12.1 Å². The molecule has 0 aliphatic heterocycles. The van der Waals surface area contributed by atoms with Gasteiger partial charge in [-0.2, -0.15) is 0 Å². The molecule has 0 spiro atoms. The van der Waals surface area contributed by atoms with Crippen molar-refractivity contribution in [2.24, 2.45) is 0 Å². The first-order valence-corrected chi connectivity index (χ1v) is 7.48. The maximum atomic E-state index is 12.6. The van der Waals surface area contributed by atoms with E-state index in [4.69, 9.17) is 4.42 Å². The van der Waals surface area contributed by atoms with Gasteiger partial charge in [-0.05, 0) is 49.8 Å². The minimum atomic E-state index is -0.953. The third kappa shape index (κ3) is 1.56. The molecule has 0 radical (unpaired) electrons. The topological polar surface area (TPSA) is 67.5 Å². The molecule has 0 saturated heterocycles. The Morgan fingerprint density at radius 3 is 2.68 bits per heavy atom. The zero-order valence-electron chi connectivity index (χ0n) is 12.5. The van der Waals surface area contributed by atoms with Crippen molar-refractivity contribution in [3.05, 3.63) is 46.2 Å². The van der Waals surface area contributed by atoms with E-state index in [2.05, 4.69) is 0 Å². The standard InChI is InChI=1S/C18H16O4/c1-9-8-22-17-11-5-6-12-10(4-3-7-18(12,2)21)14(11)16(20)15(19)13(9)17/h5-6,8,21H,3-4,7H2,1-2H3. The Bertz CT molecular complexity index is 839. The van der Waals surface area contributed by atoms with E-state index in [9.17, 15) is 14.7 Å². The molecule has 0 saturated carbocycles. The summed E-state index contributed by atoms with van der Waals surface area (Å²) in [7, 11) is 0. The highest BCUT2D eigenvalue weighted by Crippen LogP contribution is 2.43. The molecular weight excluding hydrogens is 280 g/mol. The maximum absolute atomic E-state index is 12.6. The molecule has 2 aliphatic carbocycles. The number of aryl methyl sites for hydroxylation is 1. The van der Waals surface area contributed by atoms with E-state index < -0.39 is 17.2 Å². The summed E-state index contributed by atoms with van der Waals surface area (Å²) < 4.78 is 5.54. The van der Waals surface area contributed by atoms with Crippen LogP contribution in [-0.4, -0.2) is 16.7 Å². The van der Waals surface area contributed by atoms with Crippen LogP contribution < -0.4 is 0 Å². The third-order valence-electron chi connectivity index (χ3n) is 4.86. The number of ketones is 2. The van der Waals surface area contributed by atoms with Crippen LogP contribution in [0.25, 0.3) is 11.3 Å². The van der Waals surface area contributed by atoms with Gasteiger partial charge in [-0.25, -0.2) is 0 Å². The smallest absolute Gasteiger partial charge is 0.237 e. The van der Waals surface area contributed by atoms with Crippen LogP contribution in [0.2, 0.25) is 0 Å². The van der Waals surface area contributed by atoms with Crippen LogP contribution in [0.4, 0.5) is 0 Å². The molecule has 2 aliphatic rings. The minimum Gasteiger partial charge on any atom is -0.463 e. The van der Waals surface area contributed by atoms with E-state index in [1.54, 1.807) is 19.9 Å². The van der Waals surface area contributed by atoms with Gasteiger partial charge in [0.05, 0.1) is 17.4 Å². The number of aliphatic hydroxyl groups is 1. The predicted octanol–water partition coefficient (Wildman–Crippen LogP) is 3.18. The third-order valence-corrected chi connectivity index (χ3v) is 4.86. The summed E-state index contributed by atoms with van der Waals surface area (Å²) in [5.74, 6) is -0.515. The van der Waals surface area contributed by atoms with E-state index in [0.717, 1.165) is 17.5 Å². The van der Waals surface area contributed by atoms with Gasteiger partial charge >= 0.3 is 0 Å². The summed E-state index contributed by atoms with van der Waals surface area (Å²) in [4.78, 5) is 25.1. The molecule has 1 unspecified atom stereocenters. The van der Waals surface area contributed by atoms with Gasteiger partial charge < -0.3 is 9.52 Å². The fraction of sp³-hybridized carbons (Fsp3) is 0.333. The number of fused-ring (bicyclic) bond motifs is 5. The van der Waals surface area contributed by atoms with Crippen molar-refractivity contribution >= 4 is 11.6 Å². The van der Waals surface area contributed by atoms with Gasteiger partial charge in [0.2, 0.25) is 11.6 Å². The fourth-order valence-corrected chi connectivity index (χ4v) is 3.76. The van der Waals surface area contributed by atoms with Gasteiger partial charge in [-0.15, -0.1) is 0 Å². The number of carbonyl (C=O) groups is 2. The van der Waals surface area contributed by atoms with Crippen LogP contribution in [0, 0.1) is 6.92 Å². The predicted molar refractivity (Wildman–Crippen MR) is 80.1 cm³/mol. The molecule has 1 aromatic carbocycles. The molecule has 4 heteroatoms. The number of Topliss-reactive ketones (excluding diaryl/α,β-unsaturated/α-hetero) is 2. The average Bonchev–Trinajstić information content (AvgIpc) is 2.86. The largest absolute Gasteiger partial charge is 0.463 e. The van der Waals surface area contributed by atoms with Crippen molar-refractivity contribution in [2.45, 2.75) is 38.7 Å². The van der Waals surface area contributed by atoms with E-state index in [-0.39, 0.29) is 0 Å². The Kier molecular flexibility index (Phi) is 2.55. The van der Waals surface area contributed by atoms with Crippen LogP contribution >= 0.6 is 0 Å². The zero-order chi connectivity index (χ0) is 15.6. The second-order valence-electron chi connectivity index (χ2n) is 6.42. The molecule has 1 N–H and O–H groups in total. The van der Waals surface area contributed by atoms with Gasteiger partial charge in [0.25, 0.3) is 0 Å². The van der Waals surface area contributed by atoms with Gasteiger partial charge in [0.15, 0.2) is 0 Å². The molecule has 4 rings (SSSR count). The molecule has 1 atom stereocenters. The highest BCUT2D eigenvalue weighted by Gasteiger charge is 2.40. The molecule has 1 heterocycles. The van der Waals surface area contributed by atoms with Crippen molar-refractivity contribution in [3.8, 4) is 11.3 Å². The van der Waals surface area contributed by atoms with Crippen molar-refractivity contribution < 1.29 is 19.1 Å². The summed E-state index contributed by atoms with van der Waals surface area (Å²) in [5, 5.41) is 10.6. The Morgan fingerprint density at radius 1 is 1.18 bits per heavy atom. The second kappa shape index (κ2) is 4.17. The highest BCUT2D eigenvalue weighted by atomic mass is 16.3. The first-order valence-electron chi connectivity index (χ1n) is 7.48. The zero-order valence-corrected chi connectivity index (χ0v) is 12.5. The molecule has 1 aromatic heterocycles. The van der Waals surface area contributed by atoms with E-state index in [1.807, 2.05) is 6.07 Å². The Balaban J connectivity index is 2.07. The lowest BCUT2D eigenvalue weighted by molar-refractivity contribution is 0.0385. The number of hydrogen-bond acceptors (Lipinski definition) is 4. The first-order chi connectivity index (χ1) is 10.4. The molecule has 4 nitrogen and oxygen atoms in total. The van der Waals surface area contributed by atoms with Crippen LogP contribution in [0.15, 0.2) is 22.8 Å². The van der Waals surface area contributed by atoms with Crippen LogP contribution in [0.5, 0.6) is 0 Å². The number of hydrogen-bond donors (Lipinski definition) is 1. The number of rotatable bonds is 0. The maximum Gasteiger partial charge on any atom is 0.237 e. The number of carbonyl (C=O) groups excluding carboxylic acids is 2. The molecule has 0 bridgehead atoms. The minimum absolute atomic E-state index is 0.375. The molecule has 112 valence electrons. The molecule has 22 heavy (non-hydrogen) atoms. The molecule has 0 amide bonds. The fourth-order valence-electron chi connectivity index (χ4n) is 3.76. The highest BCUT2D eigenvalue weighted by molar-refractivity contribution is 6.53. The number of benzene rings is 1. The first kappa shape index (κ1) is 13.5. The summed E-state index contributed by atoms with van der Waals surface area (Å²) in [5.41, 5.74) is 2.75. The summed E-state index contributed by atoms with van der Waals surface area (Å²) >= 11 is 0. The Labute approximate surface area is 127 Å². The van der Waals surface area contributed by atoms with Crippen LogP contribution in [-0.2, 0) is 12.0 Å². The molecule has 0 fully saturated rings. The van der Waals surface area contributed by atoms with Crippen molar-refractivity contribution in [1.29, 1.82) is 0 Å². The van der Waals surface area contributed by atoms with E-state index in [0.29, 0.717) is 40.9 Å². The quantitative estimate of drug-likeness (QED) is 0.758. The van der Waals surface area contributed by atoms with Crippen LogP contribution in [0.1, 0.15) is 57.2 Å². The van der Waals surface area contributed by atoms with Gasteiger partial charge in [-0.3, -0.25) is 9.59 Å². The Hall–Kier alpha value is -2.20. The summed E-state index contributed by atoms with van der Waals surface area (Å²) in [6.45, 7) is 3.52. The summed E-state index contributed by atoms with van der Waals surface area (Å²) in [6, 6.07) is 3.65. The average molecular weight is 296 g/mol. The number of furan rings is 1. The second-order valence-corrected chi connectivity index (χ2v) is 6.42.